The van der Waals surface area contributed by atoms with Crippen molar-refractivity contribution in [1.29, 1.82) is 0 Å². The number of nitrogens with zero attached hydrogens (tertiary/aromatic N) is 2. The average Bonchev–Trinajstić information content (AvgIpc) is 2.83. The summed E-state index contributed by atoms with van der Waals surface area (Å²) < 4.78 is 1.72. The average molecular weight is 285 g/mol. The third kappa shape index (κ3) is 3.98. The molecule has 0 saturated carbocycles. The Bertz CT molecular complexity index is 416. The Kier molecular flexibility index (Phi) is 6.37. The van der Waals surface area contributed by atoms with E-state index in [1.165, 1.54) is 0 Å². The summed E-state index contributed by atoms with van der Waals surface area (Å²) in [6.07, 6.45) is 2.74. The topological polar surface area (TPSA) is 67.2 Å². The smallest absolute Gasteiger partial charge is 0.269 e. The molecule has 0 aliphatic carbocycles. The molecule has 1 amide bonds. The summed E-state index contributed by atoms with van der Waals surface area (Å²) in [5.41, 5.74) is 1.51. The number of carbonyl (C=O) groups excluding carboxylic acids is 1. The second kappa shape index (κ2) is 7.55. The third-order valence-electron chi connectivity index (χ3n) is 3.12. The highest BCUT2D eigenvalue weighted by Gasteiger charge is 2.20. The fraction of sp³-hybridized carbons (Fsp3) is 0.692. The fourth-order valence-corrected chi connectivity index (χ4v) is 2.50. The first kappa shape index (κ1) is 16.0. The SMILES string of the molecule is CCc1cc(C(=O)NC(C)C(CO)SC)n(CC)n1. The Labute approximate surface area is 118 Å². The summed E-state index contributed by atoms with van der Waals surface area (Å²) in [7, 11) is 0. The molecular formula is C13H23N3O2S. The molecule has 108 valence electrons. The molecule has 6 heteroatoms. The van der Waals surface area contributed by atoms with Crippen LogP contribution in [0.3, 0.4) is 0 Å². The molecule has 2 atom stereocenters. The first-order chi connectivity index (χ1) is 9.07. The summed E-state index contributed by atoms with van der Waals surface area (Å²) in [5.74, 6) is -0.131. The molecule has 0 aliphatic heterocycles. The Morgan fingerprint density at radius 1 is 1.58 bits per heavy atom. The van der Waals surface area contributed by atoms with Gasteiger partial charge in [-0.2, -0.15) is 16.9 Å². The minimum absolute atomic E-state index is 0.00703. The lowest BCUT2D eigenvalue weighted by Crippen LogP contribution is -2.41. The van der Waals surface area contributed by atoms with Gasteiger partial charge in [0.25, 0.3) is 5.91 Å². The quantitative estimate of drug-likeness (QED) is 0.792. The van der Waals surface area contributed by atoms with Gasteiger partial charge in [-0.15, -0.1) is 0 Å². The summed E-state index contributed by atoms with van der Waals surface area (Å²) in [6.45, 7) is 6.61. The van der Waals surface area contributed by atoms with Crippen LogP contribution in [0.1, 0.15) is 37.0 Å². The maximum atomic E-state index is 12.2. The van der Waals surface area contributed by atoms with E-state index in [1.54, 1.807) is 16.4 Å². The first-order valence-corrected chi connectivity index (χ1v) is 7.87. The van der Waals surface area contributed by atoms with Crippen LogP contribution < -0.4 is 5.32 Å². The molecule has 0 aliphatic rings. The molecule has 1 rings (SSSR count). The minimum atomic E-state index is -0.131. The second-order valence-electron chi connectivity index (χ2n) is 4.41. The zero-order valence-electron chi connectivity index (χ0n) is 12.0. The molecule has 0 aromatic carbocycles. The summed E-state index contributed by atoms with van der Waals surface area (Å²) in [4.78, 5) is 12.2. The Hall–Kier alpha value is -1.01. The highest BCUT2D eigenvalue weighted by molar-refractivity contribution is 7.99. The second-order valence-corrected chi connectivity index (χ2v) is 5.49. The Morgan fingerprint density at radius 3 is 2.74 bits per heavy atom. The molecular weight excluding hydrogens is 262 g/mol. The molecule has 0 fully saturated rings. The number of aliphatic hydroxyl groups is 1. The van der Waals surface area contributed by atoms with E-state index in [1.807, 2.05) is 33.1 Å². The van der Waals surface area contributed by atoms with Crippen LogP contribution in [0.4, 0.5) is 0 Å². The van der Waals surface area contributed by atoms with Gasteiger partial charge >= 0.3 is 0 Å². The van der Waals surface area contributed by atoms with E-state index in [0.29, 0.717) is 12.2 Å². The van der Waals surface area contributed by atoms with Crippen LogP contribution in [0.5, 0.6) is 0 Å². The predicted molar refractivity (Wildman–Crippen MR) is 78.6 cm³/mol. The van der Waals surface area contributed by atoms with Crippen LogP contribution in [-0.2, 0) is 13.0 Å². The van der Waals surface area contributed by atoms with Crippen molar-refractivity contribution >= 4 is 17.7 Å². The number of aromatic nitrogens is 2. The van der Waals surface area contributed by atoms with Gasteiger partial charge in [0.1, 0.15) is 5.69 Å². The number of thioether (sulfide) groups is 1. The van der Waals surface area contributed by atoms with Gasteiger partial charge in [0.2, 0.25) is 0 Å². The zero-order chi connectivity index (χ0) is 14.4. The van der Waals surface area contributed by atoms with Crippen molar-refractivity contribution < 1.29 is 9.90 Å². The van der Waals surface area contributed by atoms with E-state index in [2.05, 4.69) is 10.4 Å². The van der Waals surface area contributed by atoms with Crippen LogP contribution in [0.15, 0.2) is 6.07 Å². The maximum absolute atomic E-state index is 12.2. The van der Waals surface area contributed by atoms with E-state index >= 15 is 0 Å². The molecule has 0 spiro atoms. The van der Waals surface area contributed by atoms with Gasteiger partial charge in [-0.3, -0.25) is 9.48 Å². The molecule has 1 aromatic heterocycles. The van der Waals surface area contributed by atoms with Crippen LogP contribution in [-0.4, -0.2) is 44.9 Å². The number of hydrogen-bond donors (Lipinski definition) is 2. The van der Waals surface area contributed by atoms with E-state index < -0.39 is 0 Å². The zero-order valence-corrected chi connectivity index (χ0v) is 12.8. The van der Waals surface area contributed by atoms with Gasteiger partial charge < -0.3 is 10.4 Å². The van der Waals surface area contributed by atoms with E-state index in [4.69, 9.17) is 0 Å². The summed E-state index contributed by atoms with van der Waals surface area (Å²) in [5, 5.41) is 16.5. The van der Waals surface area contributed by atoms with Crippen molar-refractivity contribution in [2.75, 3.05) is 12.9 Å². The highest BCUT2D eigenvalue weighted by Crippen LogP contribution is 2.12. The number of nitrogens with one attached hydrogen (secondary N) is 1. The van der Waals surface area contributed by atoms with E-state index in [9.17, 15) is 9.90 Å². The van der Waals surface area contributed by atoms with Crippen LogP contribution in [0.2, 0.25) is 0 Å². The molecule has 1 aromatic rings. The largest absolute Gasteiger partial charge is 0.395 e. The lowest BCUT2D eigenvalue weighted by atomic mass is 10.2. The Balaban J connectivity index is 2.80. The number of amides is 1. The number of aliphatic hydroxyl groups excluding tert-OH is 1. The molecule has 19 heavy (non-hydrogen) atoms. The molecule has 5 nitrogen and oxygen atoms in total. The van der Waals surface area contributed by atoms with Crippen LogP contribution >= 0.6 is 11.8 Å². The lowest BCUT2D eigenvalue weighted by molar-refractivity contribution is 0.0925. The van der Waals surface area contributed by atoms with Gasteiger partial charge in [-0.05, 0) is 32.6 Å². The number of aryl methyl sites for hydroxylation is 2. The van der Waals surface area contributed by atoms with Gasteiger partial charge in [-0.25, -0.2) is 0 Å². The van der Waals surface area contributed by atoms with Crippen molar-refractivity contribution in [1.82, 2.24) is 15.1 Å². The normalized spacial score (nSPS) is 14.2. The third-order valence-corrected chi connectivity index (χ3v) is 4.29. The van der Waals surface area contributed by atoms with Crippen molar-refractivity contribution in [2.45, 2.75) is 45.0 Å². The fourth-order valence-electron chi connectivity index (χ4n) is 1.88. The van der Waals surface area contributed by atoms with Gasteiger partial charge in [0.15, 0.2) is 0 Å². The molecule has 1 heterocycles. The molecule has 0 bridgehead atoms. The van der Waals surface area contributed by atoms with Crippen LogP contribution in [0.25, 0.3) is 0 Å². The van der Waals surface area contributed by atoms with Crippen molar-refractivity contribution in [3.63, 3.8) is 0 Å². The summed E-state index contributed by atoms with van der Waals surface area (Å²) >= 11 is 1.55. The van der Waals surface area contributed by atoms with Gasteiger partial charge in [-0.1, -0.05) is 6.92 Å². The Morgan fingerprint density at radius 2 is 2.26 bits per heavy atom. The first-order valence-electron chi connectivity index (χ1n) is 6.58. The minimum Gasteiger partial charge on any atom is -0.395 e. The number of hydrogen-bond acceptors (Lipinski definition) is 4. The van der Waals surface area contributed by atoms with Crippen molar-refractivity contribution in [3.8, 4) is 0 Å². The summed E-state index contributed by atoms with van der Waals surface area (Å²) in [6, 6.07) is 1.75. The van der Waals surface area contributed by atoms with Crippen molar-refractivity contribution in [3.05, 3.63) is 17.5 Å². The highest BCUT2D eigenvalue weighted by atomic mass is 32.2. The maximum Gasteiger partial charge on any atom is 0.269 e. The molecule has 0 saturated heterocycles. The van der Waals surface area contributed by atoms with Gasteiger partial charge in [0.05, 0.1) is 12.3 Å². The number of carbonyl (C=O) groups is 1. The molecule has 2 N–H and O–H groups in total. The van der Waals surface area contributed by atoms with Crippen molar-refractivity contribution in [2.24, 2.45) is 0 Å². The van der Waals surface area contributed by atoms with Crippen LogP contribution in [0, 0.1) is 0 Å². The number of rotatable bonds is 7. The van der Waals surface area contributed by atoms with E-state index in [0.717, 1.165) is 12.1 Å². The standard InChI is InChI=1S/C13H23N3O2S/c1-5-10-7-11(16(6-2)15-10)13(18)14-9(3)12(8-17)19-4/h7,9,12,17H,5-6,8H2,1-4H3,(H,14,18). The lowest BCUT2D eigenvalue weighted by Gasteiger charge is -2.21. The predicted octanol–water partition coefficient (Wildman–Crippen LogP) is 1.31. The molecule has 0 radical (unpaired) electrons. The molecule has 2 unspecified atom stereocenters. The monoisotopic (exact) mass is 285 g/mol. The van der Waals surface area contributed by atoms with Gasteiger partial charge in [0, 0.05) is 17.8 Å². The van der Waals surface area contributed by atoms with E-state index in [-0.39, 0.29) is 23.8 Å².